The van der Waals surface area contributed by atoms with Crippen molar-refractivity contribution in [1.29, 1.82) is 0 Å². The Hall–Kier alpha value is -0.730. The van der Waals surface area contributed by atoms with E-state index in [1.54, 1.807) is 0 Å². The summed E-state index contributed by atoms with van der Waals surface area (Å²) in [7, 11) is 0. The molecule has 0 atom stereocenters. The smallest absolute Gasteiger partial charge is 0.119 e. The molecular formula is C9H15FN2. The fourth-order valence-corrected chi connectivity index (χ4v) is 1.47. The topological polar surface area (TPSA) is 24.7 Å². The number of amidine groups is 1. The van der Waals surface area contributed by atoms with Crippen molar-refractivity contribution in [1.82, 2.24) is 0 Å². The lowest BCUT2D eigenvalue weighted by atomic mass is 9.94. The van der Waals surface area contributed by atoms with Crippen LogP contribution < -0.4 is 0 Å². The number of hydrogen-bond acceptors (Lipinski definition) is 1. The Morgan fingerprint density at radius 2 is 1.92 bits per heavy atom. The van der Waals surface area contributed by atoms with E-state index in [1.165, 1.54) is 0 Å². The molecule has 0 bridgehead atoms. The molecule has 0 aromatic heterocycles. The quantitative estimate of drug-likeness (QED) is 0.426. The van der Waals surface area contributed by atoms with E-state index in [9.17, 15) is 4.39 Å². The Kier molecular flexibility index (Phi) is 3.38. The third-order valence-electron chi connectivity index (χ3n) is 2.22. The molecular weight excluding hydrogens is 155 g/mol. The Labute approximate surface area is 72.6 Å². The first-order chi connectivity index (χ1) is 5.72. The van der Waals surface area contributed by atoms with Crippen molar-refractivity contribution >= 4 is 12.6 Å². The summed E-state index contributed by atoms with van der Waals surface area (Å²) >= 11 is 0. The molecule has 1 saturated carbocycles. The van der Waals surface area contributed by atoms with Crippen LogP contribution in [0.1, 0.15) is 32.6 Å². The minimum atomic E-state index is -0.603. The van der Waals surface area contributed by atoms with Gasteiger partial charge in [0.05, 0.1) is 6.04 Å². The van der Waals surface area contributed by atoms with Gasteiger partial charge in [-0.3, -0.25) is 4.99 Å². The highest BCUT2D eigenvalue weighted by Gasteiger charge is 2.19. The number of aliphatic imine (C=N–C) groups is 2. The highest BCUT2D eigenvalue weighted by molar-refractivity contribution is 5.83. The van der Waals surface area contributed by atoms with E-state index in [0.29, 0.717) is 12.8 Å². The van der Waals surface area contributed by atoms with Crippen LogP contribution in [0.3, 0.4) is 0 Å². The maximum absolute atomic E-state index is 12.7. The molecule has 1 aliphatic carbocycles. The van der Waals surface area contributed by atoms with E-state index in [1.807, 2.05) is 6.92 Å². The summed E-state index contributed by atoms with van der Waals surface area (Å²) in [4.78, 5) is 8.02. The van der Waals surface area contributed by atoms with Gasteiger partial charge < -0.3 is 0 Å². The van der Waals surface area contributed by atoms with Crippen LogP contribution in [-0.2, 0) is 0 Å². The lowest BCUT2D eigenvalue weighted by molar-refractivity contribution is 0.236. The Balaban J connectivity index is 2.40. The maximum atomic E-state index is 12.7. The molecule has 0 amide bonds. The lowest BCUT2D eigenvalue weighted by Crippen LogP contribution is -2.18. The van der Waals surface area contributed by atoms with Crippen LogP contribution in [0.2, 0.25) is 0 Å². The van der Waals surface area contributed by atoms with Gasteiger partial charge in [0, 0.05) is 0 Å². The van der Waals surface area contributed by atoms with Gasteiger partial charge in [-0.2, -0.15) is 0 Å². The summed E-state index contributed by atoms with van der Waals surface area (Å²) in [5.74, 6) is 0.720. The molecule has 0 aliphatic heterocycles. The van der Waals surface area contributed by atoms with Gasteiger partial charge in [0.2, 0.25) is 0 Å². The van der Waals surface area contributed by atoms with Crippen LogP contribution >= 0.6 is 0 Å². The van der Waals surface area contributed by atoms with E-state index in [2.05, 4.69) is 16.7 Å². The maximum Gasteiger partial charge on any atom is 0.119 e. The summed E-state index contributed by atoms with van der Waals surface area (Å²) in [5.41, 5.74) is 0. The molecule has 0 aromatic carbocycles. The summed E-state index contributed by atoms with van der Waals surface area (Å²) in [5, 5.41) is 0. The first kappa shape index (κ1) is 9.36. The van der Waals surface area contributed by atoms with Crippen molar-refractivity contribution in [2.45, 2.75) is 44.8 Å². The van der Waals surface area contributed by atoms with E-state index in [4.69, 9.17) is 0 Å². The van der Waals surface area contributed by atoms with Crippen molar-refractivity contribution in [2.24, 2.45) is 9.98 Å². The molecule has 0 saturated heterocycles. The molecule has 0 spiro atoms. The molecule has 0 heterocycles. The summed E-state index contributed by atoms with van der Waals surface area (Å²) in [6.45, 7) is 5.21. The molecule has 1 rings (SSSR count). The normalized spacial score (nSPS) is 31.7. The van der Waals surface area contributed by atoms with E-state index < -0.39 is 6.17 Å². The number of halogens is 1. The SMILES string of the molecule is C=NC(C)=NC1CCC(F)CC1. The van der Waals surface area contributed by atoms with Crippen molar-refractivity contribution in [3.05, 3.63) is 0 Å². The fraction of sp³-hybridized carbons (Fsp3) is 0.778. The minimum absolute atomic E-state index is 0.280. The van der Waals surface area contributed by atoms with E-state index in [-0.39, 0.29) is 6.04 Å². The van der Waals surface area contributed by atoms with Crippen LogP contribution in [0, 0.1) is 0 Å². The molecule has 1 aliphatic rings. The van der Waals surface area contributed by atoms with Gasteiger partial charge >= 0.3 is 0 Å². The van der Waals surface area contributed by atoms with Gasteiger partial charge in [0.15, 0.2) is 0 Å². The summed E-state index contributed by atoms with van der Waals surface area (Å²) in [6, 6.07) is 0.280. The zero-order chi connectivity index (χ0) is 8.97. The number of nitrogens with zero attached hydrogens (tertiary/aromatic N) is 2. The Bertz CT molecular complexity index is 181. The average Bonchev–Trinajstić information content (AvgIpc) is 2.09. The summed E-state index contributed by atoms with van der Waals surface area (Å²) in [6.07, 6.45) is 2.41. The monoisotopic (exact) mass is 170 g/mol. The Morgan fingerprint density at radius 3 is 2.42 bits per heavy atom. The van der Waals surface area contributed by atoms with Crippen molar-refractivity contribution in [3.8, 4) is 0 Å². The highest BCUT2D eigenvalue weighted by Crippen LogP contribution is 2.23. The molecule has 0 unspecified atom stereocenters. The number of alkyl halides is 1. The molecule has 68 valence electrons. The number of rotatable bonds is 1. The predicted octanol–water partition coefficient (Wildman–Crippen LogP) is 2.39. The molecule has 3 heteroatoms. The summed E-state index contributed by atoms with van der Waals surface area (Å²) < 4.78 is 12.7. The van der Waals surface area contributed by atoms with Crippen molar-refractivity contribution in [3.63, 3.8) is 0 Å². The largest absolute Gasteiger partial charge is 0.267 e. The van der Waals surface area contributed by atoms with Gasteiger partial charge in [-0.25, -0.2) is 9.38 Å². The second-order valence-electron chi connectivity index (χ2n) is 3.24. The highest BCUT2D eigenvalue weighted by atomic mass is 19.1. The Morgan fingerprint density at radius 1 is 1.33 bits per heavy atom. The van der Waals surface area contributed by atoms with Crippen LogP contribution in [0.15, 0.2) is 9.98 Å². The van der Waals surface area contributed by atoms with Crippen LogP contribution in [0.5, 0.6) is 0 Å². The minimum Gasteiger partial charge on any atom is -0.267 e. The molecule has 0 aromatic rings. The van der Waals surface area contributed by atoms with Gasteiger partial charge in [-0.15, -0.1) is 0 Å². The molecule has 2 nitrogen and oxygen atoms in total. The zero-order valence-corrected chi connectivity index (χ0v) is 7.46. The van der Waals surface area contributed by atoms with Gasteiger partial charge in [-0.1, -0.05) is 0 Å². The third kappa shape index (κ3) is 2.72. The van der Waals surface area contributed by atoms with Gasteiger partial charge in [-0.05, 0) is 39.3 Å². The second-order valence-corrected chi connectivity index (χ2v) is 3.24. The fourth-order valence-electron chi connectivity index (χ4n) is 1.47. The lowest BCUT2D eigenvalue weighted by Gasteiger charge is -2.20. The van der Waals surface area contributed by atoms with E-state index in [0.717, 1.165) is 18.7 Å². The van der Waals surface area contributed by atoms with E-state index >= 15 is 0 Å². The zero-order valence-electron chi connectivity index (χ0n) is 7.46. The molecule has 12 heavy (non-hydrogen) atoms. The second kappa shape index (κ2) is 4.33. The average molecular weight is 170 g/mol. The van der Waals surface area contributed by atoms with Gasteiger partial charge in [0.1, 0.15) is 12.0 Å². The molecule has 1 fully saturated rings. The van der Waals surface area contributed by atoms with Crippen LogP contribution in [0.25, 0.3) is 0 Å². The standard InChI is InChI=1S/C9H15FN2/c1-7(11-2)12-9-5-3-8(10)4-6-9/h8-9H,2-6H2,1H3. The third-order valence-corrected chi connectivity index (χ3v) is 2.22. The van der Waals surface area contributed by atoms with Crippen molar-refractivity contribution in [2.75, 3.05) is 0 Å². The molecule has 0 N–H and O–H groups in total. The molecule has 0 radical (unpaired) electrons. The first-order valence-corrected chi connectivity index (χ1v) is 4.37. The van der Waals surface area contributed by atoms with Gasteiger partial charge in [0.25, 0.3) is 0 Å². The predicted molar refractivity (Wildman–Crippen MR) is 49.8 cm³/mol. The van der Waals surface area contributed by atoms with Crippen molar-refractivity contribution < 1.29 is 4.39 Å². The van der Waals surface area contributed by atoms with Crippen LogP contribution in [0.4, 0.5) is 4.39 Å². The van der Waals surface area contributed by atoms with Crippen LogP contribution in [-0.4, -0.2) is 24.8 Å². The first-order valence-electron chi connectivity index (χ1n) is 4.37. The number of hydrogen-bond donors (Lipinski definition) is 0.